The van der Waals surface area contributed by atoms with Crippen LogP contribution < -0.4 is 43.6 Å². The van der Waals surface area contributed by atoms with E-state index in [1.807, 2.05) is 4.90 Å². The molecule has 3 aromatic heterocycles. The number of piperazine rings is 3. The number of aromatic nitrogens is 6. The van der Waals surface area contributed by atoms with E-state index in [4.69, 9.17) is 73.3 Å². The number of fused-ring (bicyclic) bond motifs is 5. The van der Waals surface area contributed by atoms with Crippen LogP contribution in [0.2, 0.25) is 0 Å². The first-order valence-corrected chi connectivity index (χ1v) is 43.9. The van der Waals surface area contributed by atoms with Crippen LogP contribution in [0.1, 0.15) is 71.4 Å². The normalized spacial score (nSPS) is 21.8. The van der Waals surface area contributed by atoms with Crippen LogP contribution in [0, 0.1) is 19.7 Å². The number of carbonyl (C=O) groups excluding carboxylic acids is 3. The fourth-order valence-electron chi connectivity index (χ4n) is 19.2. The Morgan fingerprint density at radius 1 is 0.476 bits per heavy atom. The van der Waals surface area contributed by atoms with Crippen molar-refractivity contribution in [3.05, 3.63) is 221 Å². The van der Waals surface area contributed by atoms with Gasteiger partial charge in [-0.2, -0.15) is 29.9 Å². The van der Waals surface area contributed by atoms with Crippen molar-refractivity contribution in [2.45, 2.75) is 113 Å². The Balaban J connectivity index is 0.000000139. The number of ether oxygens (including phenoxy) is 5. The number of benzene rings is 5. The molecule has 0 bridgehead atoms. The van der Waals surface area contributed by atoms with Crippen molar-refractivity contribution in [3.63, 3.8) is 0 Å². The predicted molar refractivity (Wildman–Crippen MR) is 482 cm³/mol. The molecule has 5 aromatic carbocycles. The zero-order chi connectivity index (χ0) is 87.5. The molecule has 0 N–H and O–H groups in total. The first kappa shape index (κ1) is 87.3. The van der Waals surface area contributed by atoms with Gasteiger partial charge in [0.15, 0.2) is 0 Å². The number of halogens is 2. The van der Waals surface area contributed by atoms with E-state index in [0.29, 0.717) is 136 Å². The van der Waals surface area contributed by atoms with Gasteiger partial charge in [0.2, 0.25) is 37.4 Å². The summed E-state index contributed by atoms with van der Waals surface area (Å²) in [4.78, 5) is 103. The Hall–Kier alpha value is -12.2. The summed E-state index contributed by atoms with van der Waals surface area (Å²) in [5, 5.41) is 4.87. The second-order valence-corrected chi connectivity index (χ2v) is 34.2. The van der Waals surface area contributed by atoms with Crippen molar-refractivity contribution in [1.29, 1.82) is 0 Å². The molecule has 6 atom stereocenters. The molecule has 31 heteroatoms. The SMILES string of the molecule is [C-]#[N+]CC1CN(c2nc(OC[C@@H]3CCCN3C)nc3c2CCN(c2ccccc2C(F)F)C3)CCN1C(=O)C=C.[C-]#[N+]C[C@H]1CN(c2nc(OC[C@H]3CN(C)C4(CC4)CO3)nc3c2CCN(c2cccc4ccccc24)C3)CCN1C(=O)C=C.[C-]#[N+]C[C@H]1CN(c2nc(OC[C@H]3CN(C)CCO3)nc3c2CCN(c2cccc4ccccc24)C3)CCN1C(=O)C=C. The number of amides is 3. The van der Waals surface area contributed by atoms with E-state index in [-0.39, 0.29) is 90.8 Å². The highest BCUT2D eigenvalue weighted by Crippen LogP contribution is 2.45. The number of likely N-dealkylation sites (N-methyl/N-ethyl adjacent to an activating group) is 3. The Kier molecular flexibility index (Phi) is 27.4. The summed E-state index contributed by atoms with van der Waals surface area (Å²) in [7, 11) is 6.34. The summed E-state index contributed by atoms with van der Waals surface area (Å²) >= 11 is 0. The van der Waals surface area contributed by atoms with E-state index in [0.717, 1.165) is 123 Å². The smallest absolute Gasteiger partial charge is 0.318 e. The molecule has 6 saturated heterocycles. The molecule has 126 heavy (non-hydrogen) atoms. The summed E-state index contributed by atoms with van der Waals surface area (Å²) in [5.74, 6) is 1.97. The second-order valence-electron chi connectivity index (χ2n) is 34.2. The van der Waals surface area contributed by atoms with E-state index < -0.39 is 6.43 Å². The number of hydrogen-bond acceptors (Lipinski definition) is 23. The molecule has 10 aliphatic rings. The molecular weight excluding hydrogens is 1600 g/mol. The summed E-state index contributed by atoms with van der Waals surface area (Å²) in [6, 6.07) is 36.9. The summed E-state index contributed by atoms with van der Waals surface area (Å²) in [6.45, 7) is 48.8. The molecule has 1 spiro atoms. The number of morpholine rings is 2. The van der Waals surface area contributed by atoms with Crippen LogP contribution in [0.5, 0.6) is 18.0 Å². The number of carbonyl (C=O) groups is 3. The number of anilines is 6. The van der Waals surface area contributed by atoms with Gasteiger partial charge in [-0.05, 0) is 120 Å². The minimum absolute atomic E-state index is 0.00553. The third-order valence-electron chi connectivity index (χ3n) is 26.3. The van der Waals surface area contributed by atoms with Gasteiger partial charge in [0.1, 0.15) is 67.6 Å². The number of hydrogen-bond donors (Lipinski definition) is 0. The Labute approximate surface area is 735 Å². The number of likely N-dealkylation sites (tertiary alicyclic amines) is 1. The Bertz CT molecular complexity index is 5440. The number of nitrogens with zero attached hydrogens (tertiary/aromatic N) is 21. The summed E-state index contributed by atoms with van der Waals surface area (Å²) in [6.07, 6.45) is 7.99. The maximum absolute atomic E-state index is 13.8. The molecule has 9 aliphatic heterocycles. The van der Waals surface area contributed by atoms with Gasteiger partial charge in [-0.1, -0.05) is 111 Å². The van der Waals surface area contributed by atoms with Crippen molar-refractivity contribution in [3.8, 4) is 18.0 Å². The maximum Gasteiger partial charge on any atom is 0.318 e. The minimum atomic E-state index is -2.57. The van der Waals surface area contributed by atoms with Crippen molar-refractivity contribution in [2.75, 3.05) is 208 Å². The molecule has 0 radical (unpaired) electrons. The number of rotatable bonds is 22. The van der Waals surface area contributed by atoms with Crippen molar-refractivity contribution < 1.29 is 46.8 Å². The first-order valence-electron chi connectivity index (χ1n) is 43.9. The van der Waals surface area contributed by atoms with Crippen molar-refractivity contribution >= 4 is 73.8 Å². The zero-order valence-corrected chi connectivity index (χ0v) is 72.2. The molecule has 8 aromatic rings. The lowest BCUT2D eigenvalue weighted by Crippen LogP contribution is -2.56. The summed E-state index contributed by atoms with van der Waals surface area (Å²) < 4.78 is 58.4. The van der Waals surface area contributed by atoms with Gasteiger partial charge in [0.25, 0.3) is 6.43 Å². The Morgan fingerprint density at radius 2 is 0.889 bits per heavy atom. The van der Waals surface area contributed by atoms with Crippen LogP contribution in [-0.2, 0) is 62.8 Å². The third kappa shape index (κ3) is 19.4. The van der Waals surface area contributed by atoms with Gasteiger partial charge >= 0.3 is 18.0 Å². The predicted octanol–water partition coefficient (Wildman–Crippen LogP) is 10.2. The first-order chi connectivity index (χ1) is 61.4. The highest BCUT2D eigenvalue weighted by atomic mass is 19.3. The fourth-order valence-corrected chi connectivity index (χ4v) is 19.2. The van der Waals surface area contributed by atoms with Crippen molar-refractivity contribution in [1.82, 2.24) is 59.3 Å². The summed E-state index contributed by atoms with van der Waals surface area (Å²) in [5.41, 5.74) is 8.96. The molecule has 7 fully saturated rings. The average molecular weight is 1710 g/mol. The highest BCUT2D eigenvalue weighted by molar-refractivity contribution is 5.96. The fraction of sp³-hybridized carbons (Fsp3) is 0.474. The van der Waals surface area contributed by atoms with Gasteiger partial charge in [-0.25, -0.2) is 28.5 Å². The molecule has 1 aliphatic carbocycles. The molecule has 1 unspecified atom stereocenters. The molecule has 18 rings (SSSR count). The lowest BCUT2D eigenvalue weighted by molar-refractivity contribution is -0.129. The van der Waals surface area contributed by atoms with E-state index in [1.165, 1.54) is 70.1 Å². The average Bonchev–Trinajstić information content (AvgIpc) is 1.40. The molecule has 3 amide bonds. The number of para-hydroxylation sites is 1. The van der Waals surface area contributed by atoms with E-state index in [2.05, 4.69) is 180 Å². The van der Waals surface area contributed by atoms with Gasteiger partial charge in [-0.15, -0.1) is 0 Å². The lowest BCUT2D eigenvalue weighted by Gasteiger charge is -2.41. The Morgan fingerprint density at radius 3 is 1.30 bits per heavy atom. The molecule has 29 nitrogen and oxygen atoms in total. The topological polar surface area (TPSA) is 227 Å². The van der Waals surface area contributed by atoms with Crippen LogP contribution in [0.25, 0.3) is 36.1 Å². The maximum atomic E-state index is 13.8. The minimum Gasteiger partial charge on any atom is -0.462 e. The van der Waals surface area contributed by atoms with Crippen LogP contribution in [0.15, 0.2) is 147 Å². The van der Waals surface area contributed by atoms with Crippen molar-refractivity contribution in [2.24, 2.45) is 0 Å². The molecule has 1 saturated carbocycles. The lowest BCUT2D eigenvalue weighted by atomic mass is 10.0. The quantitative estimate of drug-likeness (QED) is 0.0454. The second kappa shape index (κ2) is 39.6. The van der Waals surface area contributed by atoms with E-state index in [1.54, 1.807) is 32.9 Å². The van der Waals surface area contributed by atoms with E-state index in [9.17, 15) is 23.2 Å². The van der Waals surface area contributed by atoms with Gasteiger partial charge < -0.3 is 92.1 Å². The molecular formula is C95H111F2N21O8. The number of alkyl halides is 2. The van der Waals surface area contributed by atoms with Crippen LogP contribution in [0.4, 0.5) is 43.3 Å². The van der Waals surface area contributed by atoms with Crippen LogP contribution >= 0.6 is 0 Å². The van der Waals surface area contributed by atoms with Gasteiger partial charge in [0, 0.05) is 160 Å². The zero-order valence-electron chi connectivity index (χ0n) is 72.2. The van der Waals surface area contributed by atoms with Gasteiger partial charge in [0.05, 0.1) is 49.9 Å². The monoisotopic (exact) mass is 1710 g/mol. The van der Waals surface area contributed by atoms with Crippen LogP contribution in [0.3, 0.4) is 0 Å². The molecule has 658 valence electrons. The van der Waals surface area contributed by atoms with Gasteiger partial charge in [-0.3, -0.25) is 19.3 Å². The largest absolute Gasteiger partial charge is 0.462 e. The molecule has 12 heterocycles. The third-order valence-corrected chi connectivity index (χ3v) is 26.3. The van der Waals surface area contributed by atoms with E-state index >= 15 is 0 Å². The standard InChI is InChI=1S/C34H39N7O3.C32H37N7O3.C29H35F2N7O2/c1-4-31(42)41-17-16-40(19-25(41)18-35-2)32-28-12-15-39(30-11-7-9-24-8-5-6-10-27(24)30)21-29(28)36-33(37-32)43-22-26-20-38(3)34(13-14-34)23-44-26;1-4-30(40)39-15-14-38(19-24(39)18-33-2)31-27-12-13-37(29-11-7-9-23-8-5-6-10-26(23)29)21-28(27)34-32(35-31)42-22-25-20-36(3)16-17-41-25;1-4-26(39)38-15-14-37(17-21(38)16-32-2)28-22-11-13-36(25-10-6-5-9-23(25)27(30)31)18-24(22)33-29(34-28)40-19-20-8-7-12-35(20)3/h4-11,25-26H,1,12-23H2,3H3;4-11,24-25H,1,12-22H2,3H3;4-6,9-10,20-21,27H,1,7-8,11-19H2,3H3/t25-,26+;24-,25+;20-,21?/m000/s1. The highest BCUT2D eigenvalue weighted by Gasteiger charge is 2.50. The van der Waals surface area contributed by atoms with Crippen LogP contribution in [-0.4, -0.2) is 297 Å².